The van der Waals surface area contributed by atoms with Gasteiger partial charge in [0.1, 0.15) is 0 Å². The third-order valence-electron chi connectivity index (χ3n) is 21.2. The van der Waals surface area contributed by atoms with Crippen molar-refractivity contribution >= 4 is 0 Å². The molecule has 0 amide bonds. The third-order valence-corrected chi connectivity index (χ3v) is 80.4. The second-order valence-corrected chi connectivity index (χ2v) is 47.5. The van der Waals surface area contributed by atoms with Crippen LogP contribution in [-0.4, -0.2) is 10.5 Å². The van der Waals surface area contributed by atoms with Gasteiger partial charge in [-0.2, -0.15) is 0 Å². The first kappa shape index (κ1) is 6.91. The number of hydrogen-bond acceptors (Lipinski definition) is 1. The number of ether oxygens (including phenoxy) is 1. The standard InChI is InChI=1S/C10H15O.C5H5.Ti/c1-2-3-6-9-11-10-7-4-5-8-10;1-2-4-5-3-1;/h4-5,7-8H,2-3,6,9H2,1H3;1-5H;. The molecule has 0 aromatic heterocycles. The summed E-state index contributed by atoms with van der Waals surface area (Å²) in [6.45, 7) is 3.47. The molecule has 2 heteroatoms. The molecule has 10 rings (SSSR count). The van der Waals surface area contributed by atoms with Gasteiger partial charge in [-0.05, 0) is 0 Å². The number of fused-ring (bicyclic) bond motifs is 10. The van der Waals surface area contributed by atoms with Crippen molar-refractivity contribution in [2.75, 3.05) is 6.61 Å². The average Bonchev–Trinajstić information content (AvgIpc) is 3.27. The molecule has 10 aliphatic rings. The van der Waals surface area contributed by atoms with E-state index in [1.807, 2.05) is 0 Å². The molecular formula is C15H20OTi. The summed E-state index contributed by atoms with van der Waals surface area (Å²) in [7, 11) is -3.20. The van der Waals surface area contributed by atoms with Crippen LogP contribution in [0.3, 0.4) is 0 Å². The predicted molar refractivity (Wildman–Crippen MR) is 62.0 cm³/mol. The molecule has 10 heterocycles. The van der Waals surface area contributed by atoms with Crippen molar-refractivity contribution in [1.29, 1.82) is 0 Å². The molecular weight excluding hydrogens is 244 g/mol. The zero-order valence-electron chi connectivity index (χ0n) is 10.4. The van der Waals surface area contributed by atoms with E-state index in [2.05, 4.69) is 6.92 Å². The Balaban J connectivity index is 1.31. The van der Waals surface area contributed by atoms with Gasteiger partial charge in [-0.25, -0.2) is 0 Å². The summed E-state index contributed by atoms with van der Waals surface area (Å²) < 4.78 is 20.6. The van der Waals surface area contributed by atoms with Crippen molar-refractivity contribution in [2.24, 2.45) is 0 Å². The van der Waals surface area contributed by atoms with Crippen LogP contribution < -0.4 is 0 Å². The number of rotatable bonds is 5. The molecule has 0 saturated carbocycles. The quantitative estimate of drug-likeness (QED) is 0.525. The monoisotopic (exact) mass is 264 g/mol. The van der Waals surface area contributed by atoms with Crippen molar-refractivity contribution in [3.05, 3.63) is 0 Å². The molecule has 1 spiro atoms. The Morgan fingerprint density at radius 1 is 0.882 bits per heavy atom. The molecule has 0 aliphatic carbocycles. The van der Waals surface area contributed by atoms with E-state index in [1.165, 1.54) is 57.3 Å². The Labute approximate surface area is 88.2 Å². The molecule has 0 bridgehead atoms. The molecule has 10 aliphatic heterocycles. The van der Waals surface area contributed by atoms with E-state index in [4.69, 9.17) is 4.74 Å². The minimum absolute atomic E-state index is 0.768. The van der Waals surface area contributed by atoms with Crippen LogP contribution in [0.1, 0.15) is 26.2 Å². The Hall–Kier alpha value is 0.674. The van der Waals surface area contributed by atoms with Crippen LogP contribution in [0.25, 0.3) is 0 Å². The fourth-order valence-corrected chi connectivity index (χ4v) is 144. The second kappa shape index (κ2) is 0.585. The van der Waals surface area contributed by atoms with E-state index in [-0.39, 0.29) is 0 Å². The summed E-state index contributed by atoms with van der Waals surface area (Å²) in [4.78, 5) is 0. The molecule has 90 valence electrons. The topological polar surface area (TPSA) is 9.23 Å². The first-order valence-electron chi connectivity index (χ1n) is 8.79. The molecule has 17 heavy (non-hydrogen) atoms. The fourth-order valence-electron chi connectivity index (χ4n) is 24.5. The summed E-state index contributed by atoms with van der Waals surface area (Å²) in [6, 6.07) is 0. The van der Waals surface area contributed by atoms with Crippen molar-refractivity contribution < 1.29 is 13.6 Å². The molecule has 0 aromatic rings. The van der Waals surface area contributed by atoms with Crippen molar-refractivity contribution in [2.45, 2.75) is 68.1 Å². The van der Waals surface area contributed by atoms with Gasteiger partial charge in [0.05, 0.1) is 0 Å². The first-order chi connectivity index (χ1) is 8.11. The Morgan fingerprint density at radius 3 is 1.82 bits per heavy atom. The van der Waals surface area contributed by atoms with E-state index in [0.717, 1.165) is 10.5 Å². The third kappa shape index (κ3) is 0.0737. The van der Waals surface area contributed by atoms with E-state index in [1.54, 1.807) is 0 Å². The van der Waals surface area contributed by atoms with E-state index in [9.17, 15) is 0 Å². The van der Waals surface area contributed by atoms with Crippen molar-refractivity contribution in [3.63, 3.8) is 0 Å². The summed E-state index contributed by atoms with van der Waals surface area (Å²) in [5.74, 6) is 0. The van der Waals surface area contributed by atoms with Crippen LogP contribution in [0.15, 0.2) is 0 Å². The van der Waals surface area contributed by atoms with E-state index >= 15 is 0 Å². The van der Waals surface area contributed by atoms with Gasteiger partial charge >= 0.3 is 88.3 Å². The molecule has 10 fully saturated rings. The summed E-state index contributed by atoms with van der Waals surface area (Å²) in [6.07, 6.45) is 4.11. The fraction of sp³-hybridized carbons (Fsp3) is 1.00. The average molecular weight is 264 g/mol. The first-order valence-corrected chi connectivity index (χ1v) is 17.7. The minimum atomic E-state index is -3.20. The normalized spacial score (nSPS) is 119. The SMILES string of the molecule is CCCCCO[C]12[CH]3[CH]4[CH]5[CH]1[Ti]45321678[CH]2[CH]1[CH]6[CH]7[CH]28. The van der Waals surface area contributed by atoms with Crippen LogP contribution in [0.5, 0.6) is 0 Å². The van der Waals surface area contributed by atoms with E-state index in [0.29, 0.717) is 0 Å². The molecule has 0 radical (unpaired) electrons. The Bertz CT molecular complexity index is 833. The molecule has 0 aromatic carbocycles. The Kier molecular flexibility index (Phi) is 0.238. The maximum atomic E-state index is 6.83. The van der Waals surface area contributed by atoms with Crippen LogP contribution in [0.2, 0.25) is 38.0 Å². The van der Waals surface area contributed by atoms with Gasteiger partial charge in [0.2, 0.25) is 0 Å². The molecule has 4 unspecified atom stereocenters. The summed E-state index contributed by atoms with van der Waals surface area (Å²) >= 11 is 0. The maximum absolute atomic E-state index is 6.83. The van der Waals surface area contributed by atoms with Gasteiger partial charge in [-0.3, -0.25) is 0 Å². The zero-order chi connectivity index (χ0) is 10.5. The molecule has 0 N–H and O–H groups in total. The van der Waals surface area contributed by atoms with Gasteiger partial charge in [0, 0.05) is 0 Å². The van der Waals surface area contributed by atoms with Crippen LogP contribution in [0.4, 0.5) is 0 Å². The van der Waals surface area contributed by atoms with Crippen molar-refractivity contribution in [1.82, 2.24) is 0 Å². The van der Waals surface area contributed by atoms with Crippen LogP contribution >= 0.6 is 0 Å². The van der Waals surface area contributed by atoms with Crippen molar-refractivity contribution in [3.8, 4) is 0 Å². The van der Waals surface area contributed by atoms with Gasteiger partial charge in [0.25, 0.3) is 0 Å². The number of unbranched alkanes of at least 4 members (excludes halogenated alkanes) is 2. The van der Waals surface area contributed by atoms with Gasteiger partial charge < -0.3 is 0 Å². The summed E-state index contributed by atoms with van der Waals surface area (Å²) in [5.41, 5.74) is 0. The Morgan fingerprint density at radius 2 is 1.47 bits per heavy atom. The van der Waals surface area contributed by atoms with Gasteiger partial charge in [0.15, 0.2) is 0 Å². The number of hydrogen-bond donors (Lipinski definition) is 0. The zero-order valence-corrected chi connectivity index (χ0v) is 12.0. The molecule has 1 nitrogen and oxygen atoms in total. The van der Waals surface area contributed by atoms with Gasteiger partial charge in [-0.15, -0.1) is 0 Å². The van der Waals surface area contributed by atoms with E-state index < -0.39 is 8.89 Å². The predicted octanol–water partition coefficient (Wildman–Crippen LogP) is 4.49. The summed E-state index contributed by atoms with van der Waals surface area (Å²) in [5, 5.41) is 0. The molecule has 10 saturated heterocycles. The second-order valence-electron chi connectivity index (χ2n) is 14.3. The van der Waals surface area contributed by atoms with Gasteiger partial charge in [-0.1, -0.05) is 0 Å². The van der Waals surface area contributed by atoms with Crippen LogP contribution in [-0.2, 0) is 13.6 Å². The molecule has 4 atom stereocenters. The van der Waals surface area contributed by atoms with Crippen LogP contribution in [0, 0.1) is 0 Å².